The van der Waals surface area contributed by atoms with E-state index in [1.165, 1.54) is 20.3 Å². The Hall–Kier alpha value is -3.09. The van der Waals surface area contributed by atoms with Crippen molar-refractivity contribution >= 4 is 22.3 Å². The number of hydrogen-bond donors (Lipinski definition) is 1. The van der Waals surface area contributed by atoms with E-state index in [9.17, 15) is 9.90 Å². The molecule has 0 saturated carbocycles. The van der Waals surface area contributed by atoms with Crippen LogP contribution in [-0.4, -0.2) is 45.6 Å². The van der Waals surface area contributed by atoms with Crippen LogP contribution in [0.4, 0.5) is 0 Å². The summed E-state index contributed by atoms with van der Waals surface area (Å²) in [6.07, 6.45) is 1.02. The van der Waals surface area contributed by atoms with Crippen molar-refractivity contribution in [3.8, 4) is 28.7 Å². The van der Waals surface area contributed by atoms with Gasteiger partial charge >= 0.3 is 5.97 Å². The minimum Gasteiger partial charge on any atom is -0.496 e. The first-order valence-electron chi connectivity index (χ1n) is 9.59. The normalized spacial score (nSPS) is 17.3. The quantitative estimate of drug-likeness (QED) is 0.698. The van der Waals surface area contributed by atoms with Gasteiger partial charge in [-0.05, 0) is 25.5 Å². The van der Waals surface area contributed by atoms with Gasteiger partial charge in [0.15, 0.2) is 11.5 Å². The van der Waals surface area contributed by atoms with E-state index in [2.05, 4.69) is 13.8 Å². The molecule has 7 heteroatoms. The van der Waals surface area contributed by atoms with E-state index in [4.69, 9.17) is 23.7 Å². The van der Waals surface area contributed by atoms with Gasteiger partial charge in [0.05, 0.1) is 33.8 Å². The lowest BCUT2D eigenvalue weighted by Crippen LogP contribution is -2.29. The Kier molecular flexibility index (Phi) is 5.50. The average molecular weight is 416 g/mol. The number of fused-ring (bicyclic) bond motifs is 2. The summed E-state index contributed by atoms with van der Waals surface area (Å²) in [6, 6.07) is 1.80. The third-order valence-electron chi connectivity index (χ3n) is 5.90. The van der Waals surface area contributed by atoms with Gasteiger partial charge in [-0.2, -0.15) is 0 Å². The highest BCUT2D eigenvalue weighted by atomic mass is 16.5. The van der Waals surface area contributed by atoms with E-state index >= 15 is 0 Å². The zero-order valence-electron chi connectivity index (χ0n) is 18.6. The van der Waals surface area contributed by atoms with Crippen molar-refractivity contribution in [3.05, 3.63) is 23.3 Å². The van der Waals surface area contributed by atoms with Gasteiger partial charge in [-0.15, -0.1) is 0 Å². The molecule has 7 nitrogen and oxygen atoms in total. The number of carbonyl (C=O) groups is 1. The summed E-state index contributed by atoms with van der Waals surface area (Å²) in [5, 5.41) is 10.8. The monoisotopic (exact) mass is 416 g/mol. The fraction of sp³-hybridized carbons (Fsp3) is 0.435. The first-order chi connectivity index (χ1) is 14.1. The standard InChI is InChI=1S/C23H28O7/c1-11(9-15(24)25)16-13-10-14(26-5)19(27-6)22(29-8)17(13)20(28-7)18-21(16)30-12(2)23(18,3)4/h9-10,12H,1-8H3,(H,24,25)/b11-9+. The summed E-state index contributed by atoms with van der Waals surface area (Å²) in [6.45, 7) is 7.89. The molecule has 1 aliphatic heterocycles. The molecule has 0 radical (unpaired) electrons. The first-order valence-corrected chi connectivity index (χ1v) is 9.59. The first kappa shape index (κ1) is 21.6. The van der Waals surface area contributed by atoms with E-state index in [-0.39, 0.29) is 11.5 Å². The van der Waals surface area contributed by atoms with Crippen molar-refractivity contribution in [2.45, 2.75) is 39.2 Å². The Morgan fingerprint density at radius 3 is 2.17 bits per heavy atom. The topological polar surface area (TPSA) is 83.5 Å². The van der Waals surface area contributed by atoms with Gasteiger partial charge in [-0.1, -0.05) is 13.8 Å². The SMILES string of the molecule is COc1cc2c(/C(C)=C/C(=O)O)c3c(c(OC)c2c(OC)c1OC)C(C)(C)C(C)O3. The Bertz CT molecular complexity index is 1050. The summed E-state index contributed by atoms with van der Waals surface area (Å²) in [5.41, 5.74) is 1.69. The average Bonchev–Trinajstić information content (AvgIpc) is 2.92. The summed E-state index contributed by atoms with van der Waals surface area (Å²) in [5.74, 6) is 1.52. The third-order valence-corrected chi connectivity index (χ3v) is 5.90. The van der Waals surface area contributed by atoms with Crippen LogP contribution in [0.1, 0.15) is 38.8 Å². The Morgan fingerprint density at radius 2 is 1.67 bits per heavy atom. The molecule has 0 amide bonds. The molecule has 2 aromatic rings. The molecular formula is C23H28O7. The molecule has 1 heterocycles. The van der Waals surface area contributed by atoms with Gasteiger partial charge in [0, 0.05) is 28.0 Å². The molecule has 1 aliphatic rings. The van der Waals surface area contributed by atoms with E-state index in [0.717, 1.165) is 5.56 Å². The summed E-state index contributed by atoms with van der Waals surface area (Å²) in [4.78, 5) is 11.5. The number of carboxylic acids is 1. The second-order valence-corrected chi connectivity index (χ2v) is 7.83. The number of allylic oxidation sites excluding steroid dienone is 1. The summed E-state index contributed by atoms with van der Waals surface area (Å²) < 4.78 is 29.0. The molecular weight excluding hydrogens is 388 g/mol. The molecule has 0 bridgehead atoms. The number of methoxy groups -OCH3 is 4. The molecule has 0 fully saturated rings. The van der Waals surface area contributed by atoms with Crippen LogP contribution < -0.4 is 23.7 Å². The molecule has 162 valence electrons. The van der Waals surface area contributed by atoms with Crippen molar-refractivity contribution in [2.75, 3.05) is 28.4 Å². The molecule has 2 aromatic carbocycles. The lowest BCUT2D eigenvalue weighted by molar-refractivity contribution is -0.131. The maximum Gasteiger partial charge on any atom is 0.328 e. The van der Waals surface area contributed by atoms with Gasteiger partial charge in [-0.3, -0.25) is 0 Å². The molecule has 1 atom stereocenters. The lowest BCUT2D eigenvalue weighted by Gasteiger charge is -2.25. The number of ether oxygens (including phenoxy) is 5. The van der Waals surface area contributed by atoms with Crippen LogP contribution in [0, 0.1) is 0 Å². The van der Waals surface area contributed by atoms with Crippen molar-refractivity contribution in [1.82, 2.24) is 0 Å². The second-order valence-electron chi connectivity index (χ2n) is 7.83. The van der Waals surface area contributed by atoms with E-state index in [0.29, 0.717) is 50.7 Å². The van der Waals surface area contributed by atoms with Crippen LogP contribution in [0.15, 0.2) is 12.1 Å². The number of rotatable bonds is 6. The Morgan fingerprint density at radius 1 is 1.07 bits per heavy atom. The van der Waals surface area contributed by atoms with Crippen LogP contribution in [0.25, 0.3) is 16.3 Å². The van der Waals surface area contributed by atoms with Gasteiger partial charge in [0.2, 0.25) is 5.75 Å². The number of hydrogen-bond acceptors (Lipinski definition) is 6. The number of aliphatic carboxylic acids is 1. The smallest absolute Gasteiger partial charge is 0.328 e. The summed E-state index contributed by atoms with van der Waals surface area (Å²) >= 11 is 0. The Balaban J connectivity index is 2.66. The molecule has 0 spiro atoms. The molecule has 0 aliphatic carbocycles. The van der Waals surface area contributed by atoms with E-state index in [1.807, 2.05) is 6.92 Å². The zero-order valence-corrected chi connectivity index (χ0v) is 18.6. The predicted octanol–water partition coefficient (Wildman–Crippen LogP) is 4.42. The minimum atomic E-state index is -1.04. The van der Waals surface area contributed by atoms with Crippen LogP contribution >= 0.6 is 0 Å². The van der Waals surface area contributed by atoms with Crippen LogP contribution in [0.3, 0.4) is 0 Å². The highest BCUT2D eigenvalue weighted by Gasteiger charge is 2.45. The van der Waals surface area contributed by atoms with Crippen LogP contribution in [0.5, 0.6) is 28.7 Å². The second kappa shape index (κ2) is 7.63. The van der Waals surface area contributed by atoms with Gasteiger partial charge in [0.25, 0.3) is 0 Å². The molecule has 1 unspecified atom stereocenters. The third kappa shape index (κ3) is 3.00. The largest absolute Gasteiger partial charge is 0.496 e. The van der Waals surface area contributed by atoms with Gasteiger partial charge in [0.1, 0.15) is 17.6 Å². The zero-order chi connectivity index (χ0) is 22.4. The van der Waals surface area contributed by atoms with Crippen molar-refractivity contribution < 1.29 is 33.6 Å². The van der Waals surface area contributed by atoms with Crippen molar-refractivity contribution in [3.63, 3.8) is 0 Å². The Labute approximate surface area is 176 Å². The van der Waals surface area contributed by atoms with Crippen molar-refractivity contribution in [2.24, 2.45) is 0 Å². The maximum absolute atomic E-state index is 11.5. The minimum absolute atomic E-state index is 0.149. The van der Waals surface area contributed by atoms with E-state index in [1.54, 1.807) is 27.2 Å². The maximum atomic E-state index is 11.5. The van der Waals surface area contributed by atoms with Crippen LogP contribution in [-0.2, 0) is 10.2 Å². The number of carboxylic acid groups (broad SMARTS) is 1. The molecule has 0 aromatic heterocycles. The van der Waals surface area contributed by atoms with E-state index < -0.39 is 5.97 Å². The number of benzene rings is 2. The van der Waals surface area contributed by atoms with Gasteiger partial charge in [-0.25, -0.2) is 4.79 Å². The van der Waals surface area contributed by atoms with Crippen molar-refractivity contribution in [1.29, 1.82) is 0 Å². The predicted molar refractivity (Wildman–Crippen MR) is 115 cm³/mol. The highest BCUT2D eigenvalue weighted by Crippen LogP contribution is 2.58. The van der Waals surface area contributed by atoms with Crippen LogP contribution in [0.2, 0.25) is 0 Å². The summed E-state index contributed by atoms with van der Waals surface area (Å²) in [7, 11) is 6.23. The molecule has 3 rings (SSSR count). The fourth-order valence-corrected chi connectivity index (χ4v) is 4.14. The molecule has 30 heavy (non-hydrogen) atoms. The fourth-order valence-electron chi connectivity index (χ4n) is 4.14. The molecule has 1 N–H and O–H groups in total. The highest BCUT2D eigenvalue weighted by molar-refractivity contribution is 6.08. The van der Waals surface area contributed by atoms with Gasteiger partial charge < -0.3 is 28.8 Å². The molecule has 0 saturated heterocycles. The lowest BCUT2D eigenvalue weighted by atomic mass is 9.78.